The summed E-state index contributed by atoms with van der Waals surface area (Å²) in [5, 5.41) is 31.0. The average molecular weight is 645 g/mol. The first-order chi connectivity index (χ1) is 22.5. The number of amides is 4. The summed E-state index contributed by atoms with van der Waals surface area (Å²) in [5.41, 5.74) is 2.19. The third-order valence-corrected chi connectivity index (χ3v) is 9.85. The number of hydrogen-bond donors (Lipinski definition) is 6. The highest BCUT2D eigenvalue weighted by Gasteiger charge is 2.49. The SMILES string of the molecule is Cc1ccccc1NC(=O)Nc1ccc(Cn2cc(O)n(CC(=O)N[C@@H](CC(=O)O)C(=O)NC3C4CC5CC(C4)CC3C5)c2=O)cc1. The Morgan fingerprint density at radius 3 is 2.21 bits per heavy atom. The minimum atomic E-state index is -1.32. The minimum absolute atomic E-state index is 0.0234. The molecule has 1 aromatic heterocycles. The van der Waals surface area contributed by atoms with Crippen molar-refractivity contribution in [1.29, 1.82) is 0 Å². The first-order valence-electron chi connectivity index (χ1n) is 16.1. The van der Waals surface area contributed by atoms with Crippen LogP contribution in [0.2, 0.25) is 0 Å². The molecular formula is C34H40N6O7. The van der Waals surface area contributed by atoms with Crippen LogP contribution in [-0.2, 0) is 27.5 Å². The Hall–Kier alpha value is -5.07. The van der Waals surface area contributed by atoms with Crippen molar-refractivity contribution in [2.75, 3.05) is 10.6 Å². The van der Waals surface area contributed by atoms with Crippen LogP contribution in [0.25, 0.3) is 0 Å². The van der Waals surface area contributed by atoms with Crippen molar-refractivity contribution in [3.63, 3.8) is 0 Å². The number of aliphatic carboxylic acids is 1. The molecule has 6 N–H and O–H groups in total. The lowest BCUT2D eigenvalue weighted by molar-refractivity contribution is -0.141. The van der Waals surface area contributed by atoms with Crippen LogP contribution in [0.4, 0.5) is 16.2 Å². The second-order valence-corrected chi connectivity index (χ2v) is 13.3. The van der Waals surface area contributed by atoms with E-state index >= 15 is 0 Å². The molecule has 13 heteroatoms. The number of para-hydroxylation sites is 1. The minimum Gasteiger partial charge on any atom is -0.493 e. The van der Waals surface area contributed by atoms with Crippen LogP contribution in [0.3, 0.4) is 0 Å². The molecule has 0 spiro atoms. The fraction of sp³-hybridized carbons (Fsp3) is 0.441. The third kappa shape index (κ3) is 7.34. The predicted molar refractivity (Wildman–Crippen MR) is 173 cm³/mol. The molecule has 7 rings (SSSR count). The van der Waals surface area contributed by atoms with E-state index in [1.54, 1.807) is 30.3 Å². The van der Waals surface area contributed by atoms with Gasteiger partial charge in [0, 0.05) is 17.4 Å². The molecule has 47 heavy (non-hydrogen) atoms. The van der Waals surface area contributed by atoms with Gasteiger partial charge in [-0.15, -0.1) is 0 Å². The lowest BCUT2D eigenvalue weighted by atomic mass is 9.54. The fourth-order valence-corrected chi connectivity index (χ4v) is 7.86. The highest BCUT2D eigenvalue weighted by molar-refractivity contribution is 6.00. The van der Waals surface area contributed by atoms with Crippen LogP contribution in [0.5, 0.6) is 5.88 Å². The van der Waals surface area contributed by atoms with Gasteiger partial charge in [0.15, 0.2) is 0 Å². The highest BCUT2D eigenvalue weighted by atomic mass is 16.4. The molecular weight excluding hydrogens is 604 g/mol. The number of carbonyl (C=O) groups excluding carboxylic acids is 3. The second-order valence-electron chi connectivity index (χ2n) is 13.3. The summed E-state index contributed by atoms with van der Waals surface area (Å²) < 4.78 is 2.08. The van der Waals surface area contributed by atoms with Crippen LogP contribution in [0.15, 0.2) is 59.5 Å². The molecule has 4 bridgehead atoms. The zero-order valence-corrected chi connectivity index (χ0v) is 26.1. The van der Waals surface area contributed by atoms with E-state index in [0.29, 0.717) is 40.6 Å². The standard InChI is InChI=1S/C34H40N6O7/c1-19-4-2-3-5-26(19)37-33(46)35-25-8-6-20(7-9-25)16-39-18-29(42)40(34(39)47)17-28(41)36-27(15-30(43)44)32(45)38-31-23-11-21-10-22(13-23)14-24(31)12-21/h2-9,18,21-24,27,31,42H,10-17H2,1H3,(H,36,41)(H,38,45)(H,43,44)(H2,35,37,46)/t21?,22?,23?,24?,27-,31?/m0/s1. The smallest absolute Gasteiger partial charge is 0.331 e. The number of carboxylic acids is 1. The van der Waals surface area contributed by atoms with Crippen LogP contribution >= 0.6 is 0 Å². The van der Waals surface area contributed by atoms with Gasteiger partial charge in [-0.2, -0.15) is 0 Å². The van der Waals surface area contributed by atoms with Crippen molar-refractivity contribution >= 4 is 35.2 Å². The van der Waals surface area contributed by atoms with Crippen LogP contribution < -0.4 is 27.0 Å². The summed E-state index contributed by atoms with van der Waals surface area (Å²) in [6, 6.07) is 12.5. The number of nitrogens with zero attached hydrogens (tertiary/aromatic N) is 2. The summed E-state index contributed by atoms with van der Waals surface area (Å²) in [4.78, 5) is 63.3. The highest BCUT2D eigenvalue weighted by Crippen LogP contribution is 2.53. The quantitative estimate of drug-likeness (QED) is 0.185. The zero-order chi connectivity index (χ0) is 33.2. The summed E-state index contributed by atoms with van der Waals surface area (Å²) in [5.74, 6) is -0.844. The number of benzene rings is 2. The van der Waals surface area contributed by atoms with Gasteiger partial charge in [0.2, 0.25) is 17.7 Å². The molecule has 0 saturated heterocycles. The van der Waals surface area contributed by atoms with E-state index < -0.39 is 54.4 Å². The molecule has 0 aliphatic heterocycles. The number of hydrogen-bond acceptors (Lipinski definition) is 6. The normalized spacial score (nSPS) is 23.1. The molecule has 1 atom stereocenters. The Labute approximate surface area is 271 Å². The van der Waals surface area contributed by atoms with Crippen molar-refractivity contribution in [3.05, 3.63) is 76.3 Å². The fourth-order valence-electron chi connectivity index (χ4n) is 7.86. The maximum atomic E-state index is 13.2. The molecule has 1 heterocycles. The van der Waals surface area contributed by atoms with E-state index in [2.05, 4.69) is 21.3 Å². The summed E-state index contributed by atoms with van der Waals surface area (Å²) >= 11 is 0. The van der Waals surface area contributed by atoms with E-state index in [0.717, 1.165) is 35.8 Å². The number of imidazole rings is 1. The van der Waals surface area contributed by atoms with Crippen molar-refractivity contribution < 1.29 is 29.4 Å². The van der Waals surface area contributed by atoms with Gasteiger partial charge in [-0.25, -0.2) is 9.59 Å². The number of aromatic nitrogens is 2. The van der Waals surface area contributed by atoms with Gasteiger partial charge in [-0.05, 0) is 92.0 Å². The number of carboxylic acid groups (broad SMARTS) is 1. The van der Waals surface area contributed by atoms with Crippen LogP contribution in [0.1, 0.15) is 49.7 Å². The number of urea groups is 1. The van der Waals surface area contributed by atoms with E-state index in [1.165, 1.54) is 17.2 Å². The third-order valence-electron chi connectivity index (χ3n) is 9.85. The average Bonchev–Trinajstić information content (AvgIpc) is 3.27. The molecule has 3 aromatic rings. The topological polar surface area (TPSA) is 184 Å². The van der Waals surface area contributed by atoms with Gasteiger partial charge in [-0.1, -0.05) is 30.3 Å². The van der Waals surface area contributed by atoms with E-state index in [9.17, 15) is 34.2 Å². The molecule has 4 fully saturated rings. The molecule has 2 aromatic carbocycles. The monoisotopic (exact) mass is 644 g/mol. The second kappa shape index (κ2) is 13.3. The lowest BCUT2D eigenvalue weighted by Gasteiger charge is -2.54. The van der Waals surface area contributed by atoms with Gasteiger partial charge >= 0.3 is 17.7 Å². The van der Waals surface area contributed by atoms with E-state index in [4.69, 9.17) is 0 Å². The molecule has 0 radical (unpaired) electrons. The van der Waals surface area contributed by atoms with Gasteiger partial charge < -0.3 is 31.5 Å². The maximum absolute atomic E-state index is 13.2. The number of aryl methyl sites for hydroxylation is 1. The number of nitrogens with one attached hydrogen (secondary N) is 4. The first-order valence-corrected chi connectivity index (χ1v) is 16.1. The maximum Gasteiger partial charge on any atom is 0.331 e. The van der Waals surface area contributed by atoms with Crippen molar-refractivity contribution in [3.8, 4) is 5.88 Å². The summed E-state index contributed by atoms with van der Waals surface area (Å²) in [6.45, 7) is 1.37. The zero-order valence-electron chi connectivity index (χ0n) is 26.1. The van der Waals surface area contributed by atoms with Crippen molar-refractivity contribution in [1.82, 2.24) is 19.8 Å². The predicted octanol–water partition coefficient (Wildman–Crippen LogP) is 3.26. The Morgan fingerprint density at radius 2 is 1.57 bits per heavy atom. The van der Waals surface area contributed by atoms with Crippen molar-refractivity contribution in [2.45, 2.75) is 70.6 Å². The molecule has 0 unspecified atom stereocenters. The Balaban J connectivity index is 1.05. The van der Waals surface area contributed by atoms with E-state index in [1.807, 2.05) is 25.1 Å². The molecule has 4 aliphatic carbocycles. The van der Waals surface area contributed by atoms with Gasteiger partial charge in [0.1, 0.15) is 12.6 Å². The molecule has 4 saturated carbocycles. The Morgan fingerprint density at radius 1 is 0.915 bits per heavy atom. The number of anilines is 2. The molecule has 4 amide bonds. The number of aromatic hydroxyl groups is 1. The largest absolute Gasteiger partial charge is 0.493 e. The number of carbonyl (C=O) groups is 4. The summed E-state index contributed by atoms with van der Waals surface area (Å²) in [7, 11) is 0. The van der Waals surface area contributed by atoms with Gasteiger partial charge in [-0.3, -0.25) is 23.5 Å². The van der Waals surface area contributed by atoms with Gasteiger partial charge in [0.05, 0.1) is 19.2 Å². The van der Waals surface area contributed by atoms with Crippen molar-refractivity contribution in [2.24, 2.45) is 23.7 Å². The van der Waals surface area contributed by atoms with E-state index in [-0.39, 0.29) is 12.6 Å². The molecule has 4 aliphatic rings. The van der Waals surface area contributed by atoms with Gasteiger partial charge in [0.25, 0.3) is 0 Å². The Bertz CT molecular complexity index is 1700. The van der Waals surface area contributed by atoms with Crippen LogP contribution in [0, 0.1) is 30.6 Å². The Kier molecular flexibility index (Phi) is 9.06. The first kappa shape index (κ1) is 31.9. The van der Waals surface area contributed by atoms with Crippen LogP contribution in [-0.4, -0.2) is 55.2 Å². The molecule has 248 valence electrons. The molecule has 13 nitrogen and oxygen atoms in total. The number of rotatable bonds is 11. The lowest BCUT2D eigenvalue weighted by Crippen LogP contribution is -2.59. The summed E-state index contributed by atoms with van der Waals surface area (Å²) in [6.07, 6.45) is 6.13.